The number of para-hydroxylation sites is 1. The number of hydrogen-bond acceptors (Lipinski definition) is 3. The summed E-state index contributed by atoms with van der Waals surface area (Å²) >= 11 is 6.14. The molecule has 0 amide bonds. The number of carbonyl (C=O) groups excluding carboxylic acids is 1. The van der Waals surface area contributed by atoms with Crippen molar-refractivity contribution in [3.05, 3.63) is 64.7 Å². The second kappa shape index (κ2) is 8.44. The lowest BCUT2D eigenvalue weighted by atomic mass is 10.2. The molecule has 0 atom stereocenters. The maximum Gasteiger partial charge on any atom is 0.342 e. The second-order valence-electron chi connectivity index (χ2n) is 4.88. The van der Waals surface area contributed by atoms with Crippen LogP contribution < -0.4 is 4.74 Å². The number of halogens is 1. The predicted molar refractivity (Wildman–Crippen MR) is 87.4 cm³/mol. The van der Waals surface area contributed by atoms with Gasteiger partial charge in [-0.3, -0.25) is 0 Å². The van der Waals surface area contributed by atoms with Gasteiger partial charge in [-0.1, -0.05) is 61.3 Å². The fourth-order valence-electron chi connectivity index (χ4n) is 1.94. The van der Waals surface area contributed by atoms with E-state index in [2.05, 4.69) is 6.92 Å². The fourth-order valence-corrected chi connectivity index (χ4v) is 2.16. The fraction of sp³-hybridized carbons (Fsp3) is 0.278. The maximum atomic E-state index is 12.3. The van der Waals surface area contributed by atoms with Gasteiger partial charge >= 0.3 is 5.97 Å². The molecular weight excluding hydrogens is 300 g/mol. The number of benzene rings is 2. The van der Waals surface area contributed by atoms with Crippen molar-refractivity contribution in [2.24, 2.45) is 0 Å². The highest BCUT2D eigenvalue weighted by molar-refractivity contribution is 6.32. The Morgan fingerprint density at radius 1 is 1.09 bits per heavy atom. The van der Waals surface area contributed by atoms with E-state index in [1.807, 2.05) is 30.3 Å². The third kappa shape index (κ3) is 4.50. The second-order valence-corrected chi connectivity index (χ2v) is 5.29. The van der Waals surface area contributed by atoms with E-state index in [0.717, 1.165) is 18.4 Å². The number of hydrogen-bond donors (Lipinski definition) is 0. The lowest BCUT2D eigenvalue weighted by molar-refractivity contribution is 0.0468. The van der Waals surface area contributed by atoms with Crippen LogP contribution in [-0.4, -0.2) is 12.6 Å². The summed E-state index contributed by atoms with van der Waals surface area (Å²) in [6, 6.07) is 14.6. The zero-order valence-corrected chi connectivity index (χ0v) is 13.3. The highest BCUT2D eigenvalue weighted by Gasteiger charge is 2.17. The van der Waals surface area contributed by atoms with Crippen LogP contribution in [-0.2, 0) is 11.3 Å². The maximum absolute atomic E-state index is 12.3. The predicted octanol–water partition coefficient (Wildman–Crippen LogP) is 4.88. The summed E-state index contributed by atoms with van der Waals surface area (Å²) in [5.74, 6) is -0.0338. The molecular formula is C18H19ClO3. The topological polar surface area (TPSA) is 35.5 Å². The molecule has 0 heterocycles. The van der Waals surface area contributed by atoms with Gasteiger partial charge in [0.2, 0.25) is 0 Å². The molecule has 0 radical (unpaired) electrons. The molecule has 116 valence electrons. The first kappa shape index (κ1) is 16.4. The Morgan fingerprint density at radius 3 is 2.59 bits per heavy atom. The molecule has 2 aromatic carbocycles. The van der Waals surface area contributed by atoms with Crippen molar-refractivity contribution in [1.29, 1.82) is 0 Å². The van der Waals surface area contributed by atoms with Crippen LogP contribution >= 0.6 is 11.6 Å². The molecule has 2 aromatic rings. The third-order valence-corrected chi connectivity index (χ3v) is 3.44. The molecule has 4 heteroatoms. The Balaban J connectivity index is 2.06. The van der Waals surface area contributed by atoms with E-state index >= 15 is 0 Å². The van der Waals surface area contributed by atoms with Gasteiger partial charge in [-0.05, 0) is 24.1 Å². The number of carbonyl (C=O) groups is 1. The third-order valence-electron chi connectivity index (χ3n) is 3.14. The van der Waals surface area contributed by atoms with Gasteiger partial charge in [-0.25, -0.2) is 4.79 Å². The van der Waals surface area contributed by atoms with E-state index in [4.69, 9.17) is 21.1 Å². The molecule has 0 unspecified atom stereocenters. The van der Waals surface area contributed by atoms with Crippen LogP contribution in [0.1, 0.15) is 35.7 Å². The summed E-state index contributed by atoms with van der Waals surface area (Å²) in [7, 11) is 0. The summed E-state index contributed by atoms with van der Waals surface area (Å²) in [6.07, 6.45) is 1.92. The van der Waals surface area contributed by atoms with E-state index in [-0.39, 0.29) is 6.61 Å². The van der Waals surface area contributed by atoms with Crippen LogP contribution in [0.3, 0.4) is 0 Å². The summed E-state index contributed by atoms with van der Waals surface area (Å²) in [5.41, 5.74) is 1.30. The van der Waals surface area contributed by atoms with Gasteiger partial charge in [0.25, 0.3) is 0 Å². The Bertz CT molecular complexity index is 611. The van der Waals surface area contributed by atoms with Crippen molar-refractivity contribution in [2.75, 3.05) is 6.61 Å². The molecule has 0 fully saturated rings. The van der Waals surface area contributed by atoms with Gasteiger partial charge < -0.3 is 9.47 Å². The molecule has 22 heavy (non-hydrogen) atoms. The van der Waals surface area contributed by atoms with Crippen LogP contribution in [0.2, 0.25) is 5.02 Å². The SMILES string of the molecule is CCCCOc1c(Cl)cccc1C(=O)OCc1ccccc1. The molecule has 0 bridgehead atoms. The summed E-state index contributed by atoms with van der Waals surface area (Å²) in [6.45, 7) is 2.82. The normalized spacial score (nSPS) is 10.3. The van der Waals surface area contributed by atoms with E-state index in [1.165, 1.54) is 0 Å². The molecule has 0 saturated heterocycles. The highest BCUT2D eigenvalue weighted by Crippen LogP contribution is 2.29. The molecule has 0 aromatic heterocycles. The molecule has 0 N–H and O–H groups in total. The zero-order valence-electron chi connectivity index (χ0n) is 12.5. The van der Waals surface area contributed by atoms with Gasteiger partial charge in [0, 0.05) is 0 Å². The van der Waals surface area contributed by atoms with Gasteiger partial charge in [-0.15, -0.1) is 0 Å². The lowest BCUT2D eigenvalue weighted by Crippen LogP contribution is -2.09. The largest absolute Gasteiger partial charge is 0.491 e. The van der Waals surface area contributed by atoms with Crippen molar-refractivity contribution < 1.29 is 14.3 Å². The molecule has 0 aliphatic heterocycles. The molecule has 0 saturated carbocycles. The van der Waals surface area contributed by atoms with Crippen LogP contribution in [0.5, 0.6) is 5.75 Å². The van der Waals surface area contributed by atoms with Crippen molar-refractivity contribution in [3.63, 3.8) is 0 Å². The van der Waals surface area contributed by atoms with Crippen LogP contribution in [0, 0.1) is 0 Å². The van der Waals surface area contributed by atoms with Gasteiger partial charge in [-0.2, -0.15) is 0 Å². The van der Waals surface area contributed by atoms with Crippen LogP contribution in [0.25, 0.3) is 0 Å². The van der Waals surface area contributed by atoms with Gasteiger partial charge in [0.05, 0.1) is 11.6 Å². The first-order chi connectivity index (χ1) is 10.7. The average Bonchev–Trinajstić information content (AvgIpc) is 2.55. The summed E-state index contributed by atoms with van der Waals surface area (Å²) < 4.78 is 11.0. The minimum Gasteiger partial charge on any atom is -0.491 e. The van der Waals surface area contributed by atoms with Crippen molar-refractivity contribution in [3.8, 4) is 5.75 Å². The number of ether oxygens (including phenoxy) is 2. The van der Waals surface area contributed by atoms with Crippen LogP contribution in [0.15, 0.2) is 48.5 Å². The smallest absolute Gasteiger partial charge is 0.342 e. The molecule has 0 aliphatic rings. The Kier molecular flexibility index (Phi) is 6.28. The zero-order chi connectivity index (χ0) is 15.8. The van der Waals surface area contributed by atoms with Gasteiger partial charge in [0.1, 0.15) is 12.2 Å². The van der Waals surface area contributed by atoms with E-state index in [9.17, 15) is 4.79 Å². The van der Waals surface area contributed by atoms with Gasteiger partial charge in [0.15, 0.2) is 5.75 Å². The average molecular weight is 319 g/mol. The van der Waals surface area contributed by atoms with E-state index in [0.29, 0.717) is 22.9 Å². The summed E-state index contributed by atoms with van der Waals surface area (Å²) in [5, 5.41) is 0.422. The van der Waals surface area contributed by atoms with Crippen molar-refractivity contribution in [2.45, 2.75) is 26.4 Å². The summed E-state index contributed by atoms with van der Waals surface area (Å²) in [4.78, 5) is 12.3. The lowest BCUT2D eigenvalue weighted by Gasteiger charge is -2.12. The number of rotatable bonds is 7. The minimum atomic E-state index is -0.433. The van der Waals surface area contributed by atoms with E-state index in [1.54, 1.807) is 18.2 Å². The Hall–Kier alpha value is -2.00. The first-order valence-corrected chi connectivity index (χ1v) is 7.72. The minimum absolute atomic E-state index is 0.223. The Labute approximate surface area is 135 Å². The molecule has 2 rings (SSSR count). The van der Waals surface area contributed by atoms with Crippen LogP contribution in [0.4, 0.5) is 0 Å². The van der Waals surface area contributed by atoms with Crippen molar-refractivity contribution in [1.82, 2.24) is 0 Å². The number of esters is 1. The monoisotopic (exact) mass is 318 g/mol. The number of unbranched alkanes of at least 4 members (excludes halogenated alkanes) is 1. The quantitative estimate of drug-likeness (QED) is 0.539. The van der Waals surface area contributed by atoms with Crippen molar-refractivity contribution >= 4 is 17.6 Å². The molecule has 3 nitrogen and oxygen atoms in total. The molecule has 0 aliphatic carbocycles. The standard InChI is InChI=1S/C18H19ClO3/c1-2-3-12-21-17-15(10-7-11-16(17)19)18(20)22-13-14-8-5-4-6-9-14/h4-11H,2-3,12-13H2,1H3. The first-order valence-electron chi connectivity index (χ1n) is 7.34. The van der Waals surface area contributed by atoms with E-state index < -0.39 is 5.97 Å². The Morgan fingerprint density at radius 2 is 1.86 bits per heavy atom. The molecule has 0 spiro atoms. The highest BCUT2D eigenvalue weighted by atomic mass is 35.5.